The van der Waals surface area contributed by atoms with Gasteiger partial charge in [0.15, 0.2) is 0 Å². The summed E-state index contributed by atoms with van der Waals surface area (Å²) in [6.45, 7) is 6.86. The molecule has 18 heavy (non-hydrogen) atoms. The van der Waals surface area contributed by atoms with Crippen molar-refractivity contribution >= 4 is 11.6 Å². The summed E-state index contributed by atoms with van der Waals surface area (Å²) in [4.78, 5) is 0. The standard InChI is InChI=1S/C12H20ClF2N3/c1-4-6-16-9(12(14)15)7-10-11(13)8(3)17-18(10)5-2/h9,12,16H,4-7H2,1-3H3. The molecule has 0 radical (unpaired) electrons. The molecule has 6 heteroatoms. The summed E-state index contributed by atoms with van der Waals surface area (Å²) >= 11 is 6.12. The lowest BCUT2D eigenvalue weighted by molar-refractivity contribution is 0.0973. The lowest BCUT2D eigenvalue weighted by atomic mass is 10.1. The van der Waals surface area contributed by atoms with Gasteiger partial charge in [-0.15, -0.1) is 0 Å². The van der Waals surface area contributed by atoms with Crippen molar-refractivity contribution in [2.24, 2.45) is 0 Å². The van der Waals surface area contributed by atoms with Crippen LogP contribution < -0.4 is 5.32 Å². The first-order chi connectivity index (χ1) is 8.51. The van der Waals surface area contributed by atoms with Gasteiger partial charge in [0.1, 0.15) is 0 Å². The molecule has 0 bridgehead atoms. The number of hydrogen-bond acceptors (Lipinski definition) is 2. The SMILES string of the molecule is CCCNC(Cc1c(Cl)c(C)nn1CC)C(F)F. The van der Waals surface area contributed by atoms with E-state index >= 15 is 0 Å². The molecule has 1 unspecified atom stereocenters. The molecule has 0 aromatic carbocycles. The fraction of sp³-hybridized carbons (Fsp3) is 0.750. The number of hydrogen-bond donors (Lipinski definition) is 1. The summed E-state index contributed by atoms with van der Waals surface area (Å²) in [6.07, 6.45) is -1.39. The zero-order valence-corrected chi connectivity index (χ0v) is 11.8. The molecule has 1 N–H and O–H groups in total. The molecule has 1 rings (SSSR count). The van der Waals surface area contributed by atoms with Gasteiger partial charge in [0.05, 0.1) is 22.5 Å². The Morgan fingerprint density at radius 2 is 2.06 bits per heavy atom. The highest BCUT2D eigenvalue weighted by molar-refractivity contribution is 6.31. The van der Waals surface area contributed by atoms with Crippen LogP contribution in [0, 0.1) is 6.92 Å². The Labute approximate surface area is 112 Å². The summed E-state index contributed by atoms with van der Waals surface area (Å²) in [6, 6.07) is -0.871. The third kappa shape index (κ3) is 3.65. The Kier molecular flexibility index (Phi) is 6.02. The van der Waals surface area contributed by atoms with Gasteiger partial charge < -0.3 is 5.32 Å². The minimum absolute atomic E-state index is 0.200. The lowest BCUT2D eigenvalue weighted by Gasteiger charge is -2.18. The van der Waals surface area contributed by atoms with Crippen LogP contribution in [0.2, 0.25) is 5.02 Å². The minimum atomic E-state index is -2.41. The van der Waals surface area contributed by atoms with Crippen molar-refractivity contribution in [3.63, 3.8) is 0 Å². The molecule has 0 spiro atoms. The van der Waals surface area contributed by atoms with Crippen molar-refractivity contribution in [1.82, 2.24) is 15.1 Å². The number of aryl methyl sites for hydroxylation is 2. The van der Waals surface area contributed by atoms with Crippen molar-refractivity contribution in [3.8, 4) is 0 Å². The van der Waals surface area contributed by atoms with E-state index in [4.69, 9.17) is 11.6 Å². The van der Waals surface area contributed by atoms with E-state index in [1.54, 1.807) is 11.6 Å². The monoisotopic (exact) mass is 279 g/mol. The van der Waals surface area contributed by atoms with Crippen molar-refractivity contribution in [3.05, 3.63) is 16.4 Å². The van der Waals surface area contributed by atoms with Crippen molar-refractivity contribution in [2.75, 3.05) is 6.54 Å². The number of halogens is 3. The summed E-state index contributed by atoms with van der Waals surface area (Å²) in [5.74, 6) is 0. The van der Waals surface area contributed by atoms with Gasteiger partial charge in [-0.25, -0.2) is 8.78 Å². The van der Waals surface area contributed by atoms with Gasteiger partial charge in [0.2, 0.25) is 0 Å². The molecule has 0 amide bonds. The minimum Gasteiger partial charge on any atom is -0.309 e. The third-order valence-electron chi connectivity index (χ3n) is 2.83. The van der Waals surface area contributed by atoms with E-state index in [0.29, 0.717) is 29.5 Å². The van der Waals surface area contributed by atoms with Crippen LogP contribution in [0.3, 0.4) is 0 Å². The molecule has 1 aromatic rings. The van der Waals surface area contributed by atoms with Crippen LogP contribution in [-0.4, -0.2) is 28.8 Å². The molecule has 104 valence electrons. The van der Waals surface area contributed by atoms with Crippen molar-refractivity contribution in [2.45, 2.75) is 52.6 Å². The zero-order valence-electron chi connectivity index (χ0n) is 11.0. The van der Waals surface area contributed by atoms with Crippen LogP contribution in [0.1, 0.15) is 31.7 Å². The number of aromatic nitrogens is 2. The lowest BCUT2D eigenvalue weighted by Crippen LogP contribution is -2.38. The first-order valence-corrected chi connectivity index (χ1v) is 6.62. The summed E-state index contributed by atoms with van der Waals surface area (Å²) < 4.78 is 27.6. The first kappa shape index (κ1) is 15.4. The molecule has 0 aliphatic carbocycles. The summed E-state index contributed by atoms with van der Waals surface area (Å²) in [5.41, 5.74) is 1.38. The van der Waals surface area contributed by atoms with E-state index in [9.17, 15) is 8.78 Å². The molecule has 3 nitrogen and oxygen atoms in total. The van der Waals surface area contributed by atoms with Gasteiger partial charge in [-0.2, -0.15) is 5.10 Å². The highest BCUT2D eigenvalue weighted by atomic mass is 35.5. The second kappa shape index (κ2) is 7.04. The maximum Gasteiger partial charge on any atom is 0.254 e. The number of rotatable bonds is 7. The number of nitrogens with zero attached hydrogens (tertiary/aromatic N) is 2. The summed E-state index contributed by atoms with van der Waals surface area (Å²) in [7, 11) is 0. The van der Waals surface area contributed by atoms with E-state index in [2.05, 4.69) is 10.4 Å². The zero-order chi connectivity index (χ0) is 13.7. The molecule has 0 saturated heterocycles. The van der Waals surface area contributed by atoms with Crippen LogP contribution in [0.25, 0.3) is 0 Å². The van der Waals surface area contributed by atoms with Crippen LogP contribution in [0.15, 0.2) is 0 Å². The van der Waals surface area contributed by atoms with Crippen molar-refractivity contribution in [1.29, 1.82) is 0 Å². The molecule has 1 atom stereocenters. The third-order valence-corrected chi connectivity index (χ3v) is 3.32. The Morgan fingerprint density at radius 1 is 1.39 bits per heavy atom. The maximum absolute atomic E-state index is 12.9. The second-order valence-corrected chi connectivity index (χ2v) is 4.64. The van der Waals surface area contributed by atoms with Gasteiger partial charge in [-0.05, 0) is 26.8 Å². The largest absolute Gasteiger partial charge is 0.309 e. The van der Waals surface area contributed by atoms with Gasteiger partial charge >= 0.3 is 0 Å². The average Bonchev–Trinajstić information content (AvgIpc) is 2.61. The van der Waals surface area contributed by atoms with Crippen LogP contribution >= 0.6 is 11.6 Å². The van der Waals surface area contributed by atoms with E-state index in [1.165, 1.54) is 0 Å². The summed E-state index contributed by atoms with van der Waals surface area (Å²) in [5, 5.41) is 7.59. The molecule has 0 fully saturated rings. The fourth-order valence-corrected chi connectivity index (χ4v) is 2.06. The van der Waals surface area contributed by atoms with Crippen LogP contribution in [0.5, 0.6) is 0 Å². The molecular formula is C12H20ClF2N3. The van der Waals surface area contributed by atoms with Gasteiger partial charge in [0.25, 0.3) is 6.43 Å². The van der Waals surface area contributed by atoms with Crippen molar-refractivity contribution < 1.29 is 8.78 Å². The second-order valence-electron chi connectivity index (χ2n) is 4.26. The van der Waals surface area contributed by atoms with E-state index < -0.39 is 12.5 Å². The molecule has 0 aliphatic heterocycles. The highest BCUT2D eigenvalue weighted by Gasteiger charge is 2.24. The van der Waals surface area contributed by atoms with Crippen LogP contribution in [0.4, 0.5) is 8.78 Å². The Bertz CT molecular complexity index is 380. The molecule has 0 aliphatic rings. The topological polar surface area (TPSA) is 29.9 Å². The molecule has 1 heterocycles. The van der Waals surface area contributed by atoms with E-state index in [1.807, 2.05) is 13.8 Å². The molecule has 1 aromatic heterocycles. The molecule has 0 saturated carbocycles. The molecular weight excluding hydrogens is 260 g/mol. The Balaban J connectivity index is 2.85. The highest BCUT2D eigenvalue weighted by Crippen LogP contribution is 2.22. The quantitative estimate of drug-likeness (QED) is 0.831. The predicted octanol–water partition coefficient (Wildman–Crippen LogP) is 3.04. The Morgan fingerprint density at radius 3 is 2.56 bits per heavy atom. The van der Waals surface area contributed by atoms with Gasteiger partial charge in [-0.1, -0.05) is 18.5 Å². The number of nitrogens with one attached hydrogen (secondary N) is 1. The predicted molar refractivity (Wildman–Crippen MR) is 69.4 cm³/mol. The smallest absolute Gasteiger partial charge is 0.254 e. The van der Waals surface area contributed by atoms with Gasteiger partial charge in [0, 0.05) is 13.0 Å². The fourth-order valence-electron chi connectivity index (χ4n) is 1.85. The maximum atomic E-state index is 12.9. The number of alkyl halides is 2. The Hall–Kier alpha value is -0.680. The van der Waals surface area contributed by atoms with E-state index in [0.717, 1.165) is 6.42 Å². The normalized spacial score (nSPS) is 13.3. The van der Waals surface area contributed by atoms with E-state index in [-0.39, 0.29) is 6.42 Å². The van der Waals surface area contributed by atoms with Gasteiger partial charge in [-0.3, -0.25) is 4.68 Å². The van der Waals surface area contributed by atoms with Crippen LogP contribution in [-0.2, 0) is 13.0 Å². The average molecular weight is 280 g/mol. The first-order valence-electron chi connectivity index (χ1n) is 6.24.